The van der Waals surface area contributed by atoms with Gasteiger partial charge in [0, 0.05) is 0 Å². The van der Waals surface area contributed by atoms with Crippen LogP contribution < -0.4 is 0 Å². The van der Waals surface area contributed by atoms with Crippen molar-refractivity contribution in [3.05, 3.63) is 0 Å². The molecule has 142 valence electrons. The van der Waals surface area contributed by atoms with E-state index in [1.54, 1.807) is 0 Å². The molecule has 0 nitrogen and oxygen atoms in total. The molecule has 0 radical (unpaired) electrons. The average Bonchev–Trinajstić information content (AvgIpc) is 3.24. The molecule has 0 aromatic carbocycles. The van der Waals surface area contributed by atoms with E-state index < -0.39 is 0 Å². The Hall–Kier alpha value is 0. The van der Waals surface area contributed by atoms with Crippen LogP contribution in [0.15, 0.2) is 0 Å². The second kappa shape index (κ2) is 9.09. The monoisotopic (exact) mass is 334 g/mol. The van der Waals surface area contributed by atoms with Gasteiger partial charge in [0.25, 0.3) is 0 Å². The minimum absolute atomic E-state index is 0.581. The molecule has 0 aromatic rings. The predicted octanol–water partition coefficient (Wildman–Crippen LogP) is 8.40. The molecule has 0 amide bonds. The summed E-state index contributed by atoms with van der Waals surface area (Å²) < 4.78 is 0. The molecule has 24 heavy (non-hydrogen) atoms. The van der Waals surface area contributed by atoms with Crippen LogP contribution >= 0.6 is 0 Å². The largest absolute Gasteiger partial charge is 0.0654 e. The van der Waals surface area contributed by atoms with Crippen molar-refractivity contribution in [3.63, 3.8) is 0 Å². The van der Waals surface area contributed by atoms with Gasteiger partial charge in [-0.25, -0.2) is 0 Å². The van der Waals surface area contributed by atoms with E-state index in [0.717, 1.165) is 17.8 Å². The lowest BCUT2D eigenvalue weighted by Crippen LogP contribution is -2.37. The van der Waals surface area contributed by atoms with Gasteiger partial charge in [0.05, 0.1) is 0 Å². The highest BCUT2D eigenvalue weighted by Crippen LogP contribution is 2.58. The van der Waals surface area contributed by atoms with Gasteiger partial charge in [-0.05, 0) is 60.7 Å². The van der Waals surface area contributed by atoms with E-state index in [2.05, 4.69) is 34.6 Å². The highest BCUT2D eigenvalue weighted by Gasteiger charge is 2.47. The Labute approximate surface area is 153 Å². The molecule has 0 spiro atoms. The fraction of sp³-hybridized carbons (Fsp3) is 1.00. The van der Waals surface area contributed by atoms with Crippen LogP contribution in [0.5, 0.6) is 0 Å². The van der Waals surface area contributed by atoms with Crippen molar-refractivity contribution in [1.29, 1.82) is 0 Å². The first kappa shape index (κ1) is 20.3. The topological polar surface area (TPSA) is 0 Å². The molecule has 2 aliphatic rings. The van der Waals surface area contributed by atoms with Crippen LogP contribution in [-0.2, 0) is 0 Å². The van der Waals surface area contributed by atoms with Crippen molar-refractivity contribution in [2.24, 2.45) is 28.6 Å². The van der Waals surface area contributed by atoms with E-state index in [0.29, 0.717) is 10.8 Å². The van der Waals surface area contributed by atoms with Gasteiger partial charge in [0.15, 0.2) is 0 Å². The molecule has 0 N–H and O–H groups in total. The summed E-state index contributed by atoms with van der Waals surface area (Å²) in [7, 11) is 0. The quantitative estimate of drug-likeness (QED) is 0.371. The molecule has 4 atom stereocenters. The maximum Gasteiger partial charge on any atom is -0.0292 e. The Kier molecular flexibility index (Phi) is 7.69. The van der Waals surface area contributed by atoms with Gasteiger partial charge < -0.3 is 0 Å². The third kappa shape index (κ3) is 5.50. The van der Waals surface area contributed by atoms with Crippen molar-refractivity contribution in [1.82, 2.24) is 0 Å². The molecule has 2 rings (SSSR count). The van der Waals surface area contributed by atoms with Gasteiger partial charge in [-0.2, -0.15) is 0 Å². The molecular formula is C24H46. The van der Waals surface area contributed by atoms with E-state index in [9.17, 15) is 0 Å². The minimum Gasteiger partial charge on any atom is -0.0654 e. The zero-order chi connectivity index (χ0) is 17.6. The summed E-state index contributed by atoms with van der Waals surface area (Å²) >= 11 is 0. The molecule has 0 aliphatic heterocycles. The van der Waals surface area contributed by atoms with Crippen LogP contribution in [0.2, 0.25) is 0 Å². The Morgan fingerprint density at radius 2 is 1.67 bits per heavy atom. The molecule has 2 saturated carbocycles. The number of hydrogen-bond acceptors (Lipinski definition) is 0. The van der Waals surface area contributed by atoms with E-state index in [1.165, 1.54) is 89.9 Å². The maximum atomic E-state index is 2.68. The summed E-state index contributed by atoms with van der Waals surface area (Å²) in [5, 5.41) is 0. The summed E-state index contributed by atoms with van der Waals surface area (Å²) in [6, 6.07) is 0. The molecule has 4 unspecified atom stereocenters. The summed E-state index contributed by atoms with van der Waals surface area (Å²) in [6.07, 6.45) is 20.6. The number of rotatable bonds is 9. The average molecular weight is 335 g/mol. The van der Waals surface area contributed by atoms with Crippen molar-refractivity contribution < 1.29 is 0 Å². The van der Waals surface area contributed by atoms with E-state index in [1.807, 2.05) is 0 Å². The lowest BCUT2D eigenvalue weighted by molar-refractivity contribution is 0.0428. The van der Waals surface area contributed by atoms with Crippen LogP contribution in [-0.4, -0.2) is 0 Å². The SMILES string of the molecule is CCCCCC(C)(CC1(C)CC1)C(C)C1CCCCCCC1CC. The fourth-order valence-electron chi connectivity index (χ4n) is 5.89. The van der Waals surface area contributed by atoms with E-state index in [-0.39, 0.29) is 0 Å². The number of hydrogen-bond donors (Lipinski definition) is 0. The molecule has 0 aromatic heterocycles. The van der Waals surface area contributed by atoms with Crippen LogP contribution in [0.4, 0.5) is 0 Å². The first-order valence-electron chi connectivity index (χ1n) is 11.4. The molecule has 0 saturated heterocycles. The van der Waals surface area contributed by atoms with E-state index >= 15 is 0 Å². The van der Waals surface area contributed by atoms with Crippen molar-refractivity contribution in [2.45, 2.75) is 125 Å². The highest BCUT2D eigenvalue weighted by atomic mass is 14.5. The second-order valence-corrected chi connectivity index (χ2v) is 10.2. The smallest absolute Gasteiger partial charge is 0.0292 e. The van der Waals surface area contributed by atoms with Crippen molar-refractivity contribution >= 4 is 0 Å². The lowest BCUT2D eigenvalue weighted by Gasteiger charge is -2.45. The molecule has 0 heterocycles. The van der Waals surface area contributed by atoms with Crippen molar-refractivity contribution in [2.75, 3.05) is 0 Å². The molecule has 0 bridgehead atoms. The first-order valence-corrected chi connectivity index (χ1v) is 11.4. The Balaban J connectivity index is 2.11. The van der Waals surface area contributed by atoms with Gasteiger partial charge in [0.1, 0.15) is 0 Å². The van der Waals surface area contributed by atoms with E-state index in [4.69, 9.17) is 0 Å². The number of unbranched alkanes of at least 4 members (excludes halogenated alkanes) is 2. The third-order valence-electron chi connectivity index (χ3n) is 8.02. The van der Waals surface area contributed by atoms with Crippen LogP contribution in [0, 0.1) is 28.6 Å². The standard InChI is InChI=1S/C24H46/c1-6-8-13-16-24(5,19-23(4)17-18-23)20(3)22-15-12-10-9-11-14-21(22)7-2/h20-22H,6-19H2,1-5H3. The lowest BCUT2D eigenvalue weighted by atomic mass is 9.60. The van der Waals surface area contributed by atoms with Gasteiger partial charge in [-0.15, -0.1) is 0 Å². The zero-order valence-electron chi connectivity index (χ0n) is 17.6. The summed E-state index contributed by atoms with van der Waals surface area (Å²) in [5.74, 6) is 2.90. The predicted molar refractivity (Wildman–Crippen MR) is 108 cm³/mol. The van der Waals surface area contributed by atoms with Crippen LogP contribution in [0.25, 0.3) is 0 Å². The van der Waals surface area contributed by atoms with Gasteiger partial charge in [-0.1, -0.05) is 92.4 Å². The van der Waals surface area contributed by atoms with Gasteiger partial charge in [0.2, 0.25) is 0 Å². The minimum atomic E-state index is 0.581. The highest BCUT2D eigenvalue weighted by molar-refractivity contribution is 4.97. The molecule has 0 heteroatoms. The maximum absolute atomic E-state index is 2.68. The zero-order valence-corrected chi connectivity index (χ0v) is 17.6. The fourth-order valence-corrected chi connectivity index (χ4v) is 5.89. The van der Waals surface area contributed by atoms with Crippen LogP contribution in [0.3, 0.4) is 0 Å². The van der Waals surface area contributed by atoms with Crippen molar-refractivity contribution in [3.8, 4) is 0 Å². The Bertz CT molecular complexity index is 353. The molecular weight excluding hydrogens is 288 g/mol. The Morgan fingerprint density at radius 3 is 2.25 bits per heavy atom. The normalized spacial score (nSPS) is 30.9. The van der Waals surface area contributed by atoms with Gasteiger partial charge in [-0.3, -0.25) is 0 Å². The summed E-state index contributed by atoms with van der Waals surface area (Å²) in [6.45, 7) is 12.7. The molecule has 2 fully saturated rings. The molecule has 2 aliphatic carbocycles. The summed E-state index contributed by atoms with van der Waals surface area (Å²) in [4.78, 5) is 0. The summed E-state index contributed by atoms with van der Waals surface area (Å²) in [5.41, 5.74) is 1.27. The Morgan fingerprint density at radius 1 is 1.00 bits per heavy atom. The third-order valence-corrected chi connectivity index (χ3v) is 8.02. The van der Waals surface area contributed by atoms with Gasteiger partial charge >= 0.3 is 0 Å². The second-order valence-electron chi connectivity index (χ2n) is 10.2. The first-order chi connectivity index (χ1) is 11.4. The van der Waals surface area contributed by atoms with Crippen LogP contribution in [0.1, 0.15) is 125 Å².